The van der Waals surface area contributed by atoms with E-state index in [0.717, 1.165) is 12.0 Å². The normalized spacial score (nSPS) is 21.5. The Kier molecular flexibility index (Phi) is 5.98. The molecule has 0 aromatic heterocycles. The van der Waals surface area contributed by atoms with Gasteiger partial charge in [0.05, 0.1) is 17.9 Å². The Morgan fingerprint density at radius 1 is 1.36 bits per heavy atom. The van der Waals surface area contributed by atoms with Gasteiger partial charge in [-0.3, -0.25) is 9.59 Å². The van der Waals surface area contributed by atoms with E-state index in [9.17, 15) is 9.59 Å². The minimum Gasteiger partial charge on any atom is -0.388 e. The molecule has 2 atom stereocenters. The van der Waals surface area contributed by atoms with Crippen molar-refractivity contribution in [3.63, 3.8) is 0 Å². The lowest BCUT2D eigenvalue weighted by Gasteiger charge is -2.41. The first-order valence-electron chi connectivity index (χ1n) is 9.79. The molecule has 2 amide bonds. The van der Waals surface area contributed by atoms with Crippen LogP contribution in [0.4, 0.5) is 0 Å². The van der Waals surface area contributed by atoms with Crippen molar-refractivity contribution >= 4 is 17.5 Å². The van der Waals surface area contributed by atoms with Crippen molar-refractivity contribution < 1.29 is 14.4 Å². The van der Waals surface area contributed by atoms with Gasteiger partial charge in [0.25, 0.3) is 5.91 Å². The highest BCUT2D eigenvalue weighted by molar-refractivity contribution is 6.39. The molecule has 148 valence electrons. The third-order valence-electron chi connectivity index (χ3n) is 5.92. The molecule has 1 fully saturated rings. The summed E-state index contributed by atoms with van der Waals surface area (Å²) in [5, 5.41) is 12.9. The molecule has 7 heteroatoms. The Morgan fingerprint density at radius 2 is 2.04 bits per heavy atom. The van der Waals surface area contributed by atoms with Gasteiger partial charge in [-0.2, -0.15) is 5.26 Å². The lowest BCUT2D eigenvalue weighted by atomic mass is 9.75. The fourth-order valence-electron chi connectivity index (χ4n) is 4.35. The summed E-state index contributed by atoms with van der Waals surface area (Å²) in [4.78, 5) is 32.4. The van der Waals surface area contributed by atoms with E-state index in [0.29, 0.717) is 38.8 Å². The maximum Gasteiger partial charge on any atom is 0.266 e. The number of nitriles is 1. The molecule has 2 N–H and O–H groups in total. The van der Waals surface area contributed by atoms with Gasteiger partial charge in [0.2, 0.25) is 5.91 Å². The number of oxime groups is 1. The molecule has 3 rings (SSSR count). The van der Waals surface area contributed by atoms with Gasteiger partial charge in [-0.05, 0) is 18.4 Å². The lowest BCUT2D eigenvalue weighted by Crippen LogP contribution is -2.52. The molecule has 2 aliphatic heterocycles. The quantitative estimate of drug-likeness (QED) is 0.814. The van der Waals surface area contributed by atoms with E-state index in [2.05, 4.69) is 11.2 Å². The molecule has 0 bridgehead atoms. The van der Waals surface area contributed by atoms with Crippen molar-refractivity contribution in [2.45, 2.75) is 50.5 Å². The molecule has 1 saturated heterocycles. The first-order chi connectivity index (χ1) is 13.5. The van der Waals surface area contributed by atoms with Crippen molar-refractivity contribution in [1.29, 1.82) is 5.26 Å². The third kappa shape index (κ3) is 3.72. The summed E-state index contributed by atoms with van der Waals surface area (Å²) in [5.41, 5.74) is 6.04. The number of rotatable bonds is 6. The summed E-state index contributed by atoms with van der Waals surface area (Å²) < 4.78 is 0. The van der Waals surface area contributed by atoms with Gasteiger partial charge in [-0.25, -0.2) is 0 Å². The number of nitrogens with zero attached hydrogens (tertiary/aromatic N) is 3. The Hall–Kier alpha value is -2.88. The molecule has 1 spiro atoms. The van der Waals surface area contributed by atoms with Crippen LogP contribution in [-0.4, -0.2) is 41.1 Å². The second kappa shape index (κ2) is 8.42. The van der Waals surface area contributed by atoms with E-state index in [4.69, 9.17) is 15.8 Å². The van der Waals surface area contributed by atoms with Gasteiger partial charge in [0.1, 0.15) is 5.60 Å². The molecular weight excluding hydrogens is 356 g/mol. The highest BCUT2D eigenvalue weighted by atomic mass is 16.7. The van der Waals surface area contributed by atoms with Crippen LogP contribution in [0.2, 0.25) is 0 Å². The first kappa shape index (κ1) is 19.9. The van der Waals surface area contributed by atoms with Gasteiger partial charge < -0.3 is 15.5 Å². The minimum atomic E-state index is -0.646. The number of carbonyl (C=O) groups excluding carboxylic acids is 2. The van der Waals surface area contributed by atoms with E-state index >= 15 is 0 Å². The summed E-state index contributed by atoms with van der Waals surface area (Å²) in [5.74, 6) is -0.941. The predicted molar refractivity (Wildman–Crippen MR) is 104 cm³/mol. The minimum absolute atomic E-state index is 0.117. The third-order valence-corrected chi connectivity index (χ3v) is 5.92. The van der Waals surface area contributed by atoms with Crippen LogP contribution >= 0.6 is 0 Å². The van der Waals surface area contributed by atoms with Crippen molar-refractivity contribution in [2.75, 3.05) is 13.1 Å². The van der Waals surface area contributed by atoms with E-state index in [1.165, 1.54) is 0 Å². The van der Waals surface area contributed by atoms with Gasteiger partial charge in [-0.1, -0.05) is 42.4 Å². The van der Waals surface area contributed by atoms with Crippen LogP contribution in [0.3, 0.4) is 0 Å². The fraction of sp³-hybridized carbons (Fsp3) is 0.524. The molecule has 2 heterocycles. The van der Waals surface area contributed by atoms with Crippen LogP contribution in [0.25, 0.3) is 0 Å². The standard InChI is InChI=1S/C21H26N4O3/c1-2-16(15-7-4-3-5-8-15)20(27)25-13-10-21(11-14-25)17(9-6-12-22)18(19(23)26)24-28-21/h3-5,7-8,16-17H,2,6,9-11,13-14H2,1H3,(H2,23,26). The predicted octanol–water partition coefficient (Wildman–Crippen LogP) is 2.33. The maximum atomic E-state index is 13.1. The Morgan fingerprint density at radius 3 is 2.61 bits per heavy atom. The van der Waals surface area contributed by atoms with Crippen LogP contribution in [0.5, 0.6) is 0 Å². The van der Waals surface area contributed by atoms with Gasteiger partial charge >= 0.3 is 0 Å². The molecule has 0 aliphatic carbocycles. The van der Waals surface area contributed by atoms with E-state index in [1.54, 1.807) is 0 Å². The number of hydrogen-bond acceptors (Lipinski definition) is 5. The summed E-state index contributed by atoms with van der Waals surface area (Å²) >= 11 is 0. The average Bonchev–Trinajstić information content (AvgIpc) is 3.06. The zero-order valence-electron chi connectivity index (χ0n) is 16.1. The van der Waals surface area contributed by atoms with Crippen LogP contribution < -0.4 is 5.73 Å². The van der Waals surface area contributed by atoms with Crippen molar-refractivity contribution in [3.8, 4) is 6.07 Å². The molecule has 1 aromatic carbocycles. The maximum absolute atomic E-state index is 13.1. The molecule has 28 heavy (non-hydrogen) atoms. The number of amides is 2. The number of primary amides is 1. The van der Waals surface area contributed by atoms with Crippen molar-refractivity contribution in [2.24, 2.45) is 16.8 Å². The van der Waals surface area contributed by atoms with Crippen LogP contribution in [0.15, 0.2) is 35.5 Å². The second-order valence-corrected chi connectivity index (χ2v) is 7.44. The highest BCUT2D eigenvalue weighted by Crippen LogP contribution is 2.42. The van der Waals surface area contributed by atoms with Crippen LogP contribution in [0, 0.1) is 17.2 Å². The van der Waals surface area contributed by atoms with Gasteiger partial charge in [-0.15, -0.1) is 0 Å². The summed E-state index contributed by atoms with van der Waals surface area (Å²) in [6, 6.07) is 11.9. The SMILES string of the molecule is CCC(C(=O)N1CCC2(CC1)ON=C(C(N)=O)C2CCC#N)c1ccccc1. The summed E-state index contributed by atoms with van der Waals surface area (Å²) in [6.07, 6.45) is 2.66. The summed E-state index contributed by atoms with van der Waals surface area (Å²) in [7, 11) is 0. The average molecular weight is 382 g/mol. The number of hydrogen-bond donors (Lipinski definition) is 1. The molecule has 0 radical (unpaired) electrons. The topological polar surface area (TPSA) is 109 Å². The second-order valence-electron chi connectivity index (χ2n) is 7.44. The van der Waals surface area contributed by atoms with E-state index in [1.807, 2.05) is 42.2 Å². The Balaban J connectivity index is 1.70. The largest absolute Gasteiger partial charge is 0.388 e. The zero-order chi connectivity index (χ0) is 20.1. The lowest BCUT2D eigenvalue weighted by molar-refractivity contribution is -0.140. The smallest absolute Gasteiger partial charge is 0.266 e. The molecular formula is C21H26N4O3. The number of likely N-dealkylation sites (tertiary alicyclic amines) is 1. The Labute approximate surface area is 165 Å². The molecule has 0 saturated carbocycles. The highest BCUT2D eigenvalue weighted by Gasteiger charge is 2.52. The van der Waals surface area contributed by atoms with Crippen molar-refractivity contribution in [1.82, 2.24) is 4.90 Å². The monoisotopic (exact) mass is 382 g/mol. The molecule has 1 aromatic rings. The van der Waals surface area contributed by atoms with Crippen LogP contribution in [0.1, 0.15) is 50.5 Å². The first-order valence-corrected chi connectivity index (χ1v) is 9.79. The van der Waals surface area contributed by atoms with E-state index < -0.39 is 11.5 Å². The summed E-state index contributed by atoms with van der Waals surface area (Å²) in [6.45, 7) is 3.09. The molecule has 2 unspecified atom stereocenters. The van der Waals surface area contributed by atoms with Crippen molar-refractivity contribution in [3.05, 3.63) is 35.9 Å². The van der Waals surface area contributed by atoms with Gasteiger partial charge in [0.15, 0.2) is 5.71 Å². The Bertz CT molecular complexity index is 792. The molecule has 7 nitrogen and oxygen atoms in total. The number of benzene rings is 1. The number of nitrogens with two attached hydrogens (primary N) is 1. The zero-order valence-corrected chi connectivity index (χ0v) is 16.1. The van der Waals surface area contributed by atoms with E-state index in [-0.39, 0.29) is 23.5 Å². The number of piperidine rings is 1. The van der Waals surface area contributed by atoms with Crippen LogP contribution in [-0.2, 0) is 14.4 Å². The fourth-order valence-corrected chi connectivity index (χ4v) is 4.35. The molecule has 2 aliphatic rings. The van der Waals surface area contributed by atoms with Gasteiger partial charge in [0, 0.05) is 32.4 Å². The number of carbonyl (C=O) groups is 2.